The summed E-state index contributed by atoms with van der Waals surface area (Å²) in [6.07, 6.45) is 0. The fourth-order valence-corrected chi connectivity index (χ4v) is 1.60. The van der Waals surface area contributed by atoms with Crippen LogP contribution in [0.5, 0.6) is 11.6 Å². The summed E-state index contributed by atoms with van der Waals surface area (Å²) >= 11 is 0. The van der Waals surface area contributed by atoms with Gasteiger partial charge in [0, 0.05) is 11.8 Å². The average Bonchev–Trinajstić information content (AvgIpc) is 2.31. The van der Waals surface area contributed by atoms with Crippen LogP contribution in [0, 0.1) is 13.8 Å². The second kappa shape index (κ2) is 4.87. The van der Waals surface area contributed by atoms with E-state index in [1.165, 1.54) is 12.1 Å². The van der Waals surface area contributed by atoms with Gasteiger partial charge in [-0.15, -0.1) is 0 Å². The van der Waals surface area contributed by atoms with Crippen molar-refractivity contribution in [1.82, 2.24) is 4.98 Å². The smallest absolute Gasteiger partial charge is 0.335 e. The van der Waals surface area contributed by atoms with Gasteiger partial charge in [0.2, 0.25) is 5.88 Å². The highest BCUT2D eigenvalue weighted by molar-refractivity contribution is 5.88. The molecule has 0 atom stereocenters. The Kier molecular flexibility index (Phi) is 3.28. The van der Waals surface area contributed by atoms with E-state index in [-0.39, 0.29) is 5.56 Å². The monoisotopic (exact) mass is 243 g/mol. The van der Waals surface area contributed by atoms with Gasteiger partial charge in [0.25, 0.3) is 0 Å². The number of para-hydroxylation sites is 1. The van der Waals surface area contributed by atoms with E-state index in [1.54, 1.807) is 6.92 Å². The molecule has 0 amide bonds. The summed E-state index contributed by atoms with van der Waals surface area (Å²) in [5, 5.41) is 8.97. The lowest BCUT2D eigenvalue weighted by Gasteiger charge is -2.08. The first kappa shape index (κ1) is 12.1. The van der Waals surface area contributed by atoms with Gasteiger partial charge < -0.3 is 9.84 Å². The Hall–Kier alpha value is -2.36. The summed E-state index contributed by atoms with van der Waals surface area (Å²) in [5.74, 6) is -0.0243. The number of rotatable bonds is 3. The molecule has 1 heterocycles. The SMILES string of the molecule is Cc1cc(C(=O)O)cc(Oc2ccccc2C)n1. The van der Waals surface area contributed by atoms with Gasteiger partial charge in [-0.1, -0.05) is 18.2 Å². The molecule has 2 rings (SSSR count). The van der Waals surface area contributed by atoms with Crippen molar-refractivity contribution in [2.24, 2.45) is 0 Å². The number of aromatic carboxylic acids is 1. The summed E-state index contributed by atoms with van der Waals surface area (Å²) in [5.41, 5.74) is 1.75. The largest absolute Gasteiger partial charge is 0.478 e. The molecule has 92 valence electrons. The van der Waals surface area contributed by atoms with E-state index in [2.05, 4.69) is 4.98 Å². The van der Waals surface area contributed by atoms with Crippen LogP contribution in [0.15, 0.2) is 36.4 Å². The summed E-state index contributed by atoms with van der Waals surface area (Å²) < 4.78 is 5.61. The highest BCUT2D eigenvalue weighted by atomic mass is 16.5. The van der Waals surface area contributed by atoms with Crippen molar-refractivity contribution in [1.29, 1.82) is 0 Å². The number of hydrogen-bond acceptors (Lipinski definition) is 3. The number of carboxylic acids is 1. The molecule has 0 saturated heterocycles. The predicted molar refractivity (Wildman–Crippen MR) is 67.2 cm³/mol. The minimum atomic E-state index is -0.991. The molecule has 0 aliphatic heterocycles. The summed E-state index contributed by atoms with van der Waals surface area (Å²) in [6, 6.07) is 10.4. The number of carbonyl (C=O) groups is 1. The first-order valence-electron chi connectivity index (χ1n) is 5.52. The van der Waals surface area contributed by atoms with Crippen molar-refractivity contribution in [3.8, 4) is 11.6 Å². The zero-order chi connectivity index (χ0) is 13.1. The van der Waals surface area contributed by atoms with Crippen molar-refractivity contribution in [2.45, 2.75) is 13.8 Å². The normalized spacial score (nSPS) is 10.1. The van der Waals surface area contributed by atoms with Crippen molar-refractivity contribution in [3.63, 3.8) is 0 Å². The van der Waals surface area contributed by atoms with Gasteiger partial charge in [0.15, 0.2) is 0 Å². The Labute approximate surface area is 105 Å². The van der Waals surface area contributed by atoms with Crippen LogP contribution in [0.25, 0.3) is 0 Å². The Morgan fingerprint density at radius 1 is 1.22 bits per heavy atom. The quantitative estimate of drug-likeness (QED) is 0.899. The number of benzene rings is 1. The van der Waals surface area contributed by atoms with E-state index < -0.39 is 5.97 Å². The van der Waals surface area contributed by atoms with Gasteiger partial charge in [-0.3, -0.25) is 0 Å². The van der Waals surface area contributed by atoms with Gasteiger partial charge in [-0.05, 0) is 31.5 Å². The molecular formula is C14H13NO3. The van der Waals surface area contributed by atoms with E-state index in [4.69, 9.17) is 9.84 Å². The van der Waals surface area contributed by atoms with Crippen LogP contribution in [0.3, 0.4) is 0 Å². The Balaban J connectivity index is 2.35. The molecule has 4 heteroatoms. The van der Waals surface area contributed by atoms with Crippen molar-refractivity contribution >= 4 is 5.97 Å². The van der Waals surface area contributed by atoms with Crippen LogP contribution >= 0.6 is 0 Å². The van der Waals surface area contributed by atoms with Crippen LogP contribution in [-0.2, 0) is 0 Å². The number of nitrogens with zero attached hydrogens (tertiary/aromatic N) is 1. The van der Waals surface area contributed by atoms with Crippen molar-refractivity contribution in [3.05, 3.63) is 53.2 Å². The molecular weight excluding hydrogens is 230 g/mol. The van der Waals surface area contributed by atoms with Gasteiger partial charge in [0.1, 0.15) is 5.75 Å². The second-order valence-electron chi connectivity index (χ2n) is 4.01. The molecule has 2 aromatic rings. The Morgan fingerprint density at radius 3 is 2.61 bits per heavy atom. The molecule has 0 radical (unpaired) electrons. The molecule has 0 unspecified atom stereocenters. The molecule has 0 bridgehead atoms. The zero-order valence-electron chi connectivity index (χ0n) is 10.2. The Morgan fingerprint density at radius 2 is 1.94 bits per heavy atom. The van der Waals surface area contributed by atoms with Crippen LogP contribution in [0.2, 0.25) is 0 Å². The first-order valence-corrected chi connectivity index (χ1v) is 5.52. The zero-order valence-corrected chi connectivity index (χ0v) is 10.2. The standard InChI is InChI=1S/C14H13NO3/c1-9-5-3-4-6-12(9)18-13-8-11(14(16)17)7-10(2)15-13/h3-8H,1-2H3,(H,16,17). The van der Waals surface area contributed by atoms with Crippen LogP contribution in [0.4, 0.5) is 0 Å². The third kappa shape index (κ3) is 2.66. The van der Waals surface area contributed by atoms with E-state index in [0.29, 0.717) is 17.3 Å². The predicted octanol–water partition coefficient (Wildman–Crippen LogP) is 3.19. The molecule has 18 heavy (non-hydrogen) atoms. The van der Waals surface area contributed by atoms with E-state index in [9.17, 15) is 4.79 Å². The Bertz CT molecular complexity index is 593. The molecule has 0 spiro atoms. The lowest BCUT2D eigenvalue weighted by molar-refractivity contribution is 0.0696. The fourth-order valence-electron chi connectivity index (χ4n) is 1.60. The summed E-state index contributed by atoms with van der Waals surface area (Å²) in [4.78, 5) is 15.1. The maximum Gasteiger partial charge on any atom is 0.335 e. The van der Waals surface area contributed by atoms with Gasteiger partial charge in [0.05, 0.1) is 5.56 Å². The molecule has 1 aromatic carbocycles. The lowest BCUT2D eigenvalue weighted by atomic mass is 10.2. The number of pyridine rings is 1. The third-order valence-electron chi connectivity index (χ3n) is 2.48. The van der Waals surface area contributed by atoms with Gasteiger partial charge in [-0.2, -0.15) is 0 Å². The fraction of sp³-hybridized carbons (Fsp3) is 0.143. The molecule has 1 aromatic heterocycles. The molecule has 0 fully saturated rings. The molecule has 4 nitrogen and oxygen atoms in total. The minimum Gasteiger partial charge on any atom is -0.478 e. The number of ether oxygens (including phenoxy) is 1. The molecule has 0 aliphatic carbocycles. The van der Waals surface area contributed by atoms with Crippen LogP contribution < -0.4 is 4.74 Å². The van der Waals surface area contributed by atoms with E-state index in [1.807, 2.05) is 31.2 Å². The van der Waals surface area contributed by atoms with Crippen LogP contribution in [0.1, 0.15) is 21.6 Å². The van der Waals surface area contributed by atoms with E-state index >= 15 is 0 Å². The summed E-state index contributed by atoms with van der Waals surface area (Å²) in [7, 11) is 0. The third-order valence-corrected chi connectivity index (χ3v) is 2.48. The van der Waals surface area contributed by atoms with Gasteiger partial charge in [-0.25, -0.2) is 9.78 Å². The maximum absolute atomic E-state index is 10.9. The summed E-state index contributed by atoms with van der Waals surface area (Å²) in [6.45, 7) is 3.65. The highest BCUT2D eigenvalue weighted by Gasteiger charge is 2.08. The first-order chi connectivity index (χ1) is 8.56. The average molecular weight is 243 g/mol. The molecule has 1 N–H and O–H groups in total. The molecule has 0 aliphatic rings. The number of aryl methyl sites for hydroxylation is 2. The topological polar surface area (TPSA) is 59.4 Å². The van der Waals surface area contributed by atoms with E-state index in [0.717, 1.165) is 5.56 Å². The van der Waals surface area contributed by atoms with Crippen LogP contribution in [-0.4, -0.2) is 16.1 Å². The highest BCUT2D eigenvalue weighted by Crippen LogP contribution is 2.24. The second-order valence-corrected chi connectivity index (χ2v) is 4.01. The number of hydrogen-bond donors (Lipinski definition) is 1. The minimum absolute atomic E-state index is 0.172. The van der Waals surface area contributed by atoms with Crippen molar-refractivity contribution in [2.75, 3.05) is 0 Å². The number of aromatic nitrogens is 1. The van der Waals surface area contributed by atoms with Gasteiger partial charge >= 0.3 is 5.97 Å². The molecule has 0 saturated carbocycles. The van der Waals surface area contributed by atoms with Crippen molar-refractivity contribution < 1.29 is 14.6 Å². The maximum atomic E-state index is 10.9. The lowest BCUT2D eigenvalue weighted by Crippen LogP contribution is -2.00. The number of carboxylic acid groups (broad SMARTS) is 1.